The highest BCUT2D eigenvalue weighted by Gasteiger charge is 2.19. The second kappa shape index (κ2) is 5.26. The Morgan fingerprint density at radius 2 is 1.40 bits per heavy atom. The van der Waals surface area contributed by atoms with Crippen LogP contribution < -0.4 is 0 Å². The average Bonchev–Trinajstić information content (AvgIpc) is 2.98. The molecule has 0 bridgehead atoms. The number of tetrazole rings is 2. The summed E-state index contributed by atoms with van der Waals surface area (Å²) in [7, 11) is 1.60. The third-order valence-corrected chi connectivity index (χ3v) is 1.95. The number of hydrogen-bond acceptors (Lipinski definition) is 11. The minimum absolute atomic E-state index is 0.0518. The smallest absolute Gasteiger partial charge is 0.390 e. The van der Waals surface area contributed by atoms with Crippen molar-refractivity contribution in [3.05, 3.63) is 20.2 Å². The molecule has 0 aromatic carbocycles. The van der Waals surface area contributed by atoms with Crippen LogP contribution in [0.25, 0.3) is 0 Å². The van der Waals surface area contributed by atoms with Gasteiger partial charge in [-0.1, -0.05) is 9.59 Å². The lowest BCUT2D eigenvalue weighted by Crippen LogP contribution is -2.27. The molecule has 0 N–H and O–H groups in total. The third-order valence-electron chi connectivity index (χ3n) is 1.95. The zero-order chi connectivity index (χ0) is 14.7. The molecule has 106 valence electrons. The lowest BCUT2D eigenvalue weighted by molar-refractivity contribution is -0.394. The van der Waals surface area contributed by atoms with Crippen LogP contribution in [0.3, 0.4) is 0 Å². The molecule has 2 heterocycles. The first-order valence-corrected chi connectivity index (χ1v) is 4.98. The minimum atomic E-state index is -0.772. The molecule has 0 radical (unpaired) electrons. The van der Waals surface area contributed by atoms with Gasteiger partial charge in [0.15, 0.2) is 0 Å². The van der Waals surface area contributed by atoms with Gasteiger partial charge in [-0.2, -0.15) is 0 Å². The molecule has 0 atom stereocenters. The summed E-state index contributed by atoms with van der Waals surface area (Å²) in [5.74, 6) is -1.24. The van der Waals surface area contributed by atoms with Crippen molar-refractivity contribution in [1.29, 1.82) is 0 Å². The standard InChI is InChI=1S/C5H7N11O4/c1-12(2-13-8-4(6-10-13)15(17)18)3-14-9-5(7-11-14)16(19)20/h2-3H2,1H3. The van der Waals surface area contributed by atoms with Crippen molar-refractivity contribution in [3.8, 4) is 0 Å². The van der Waals surface area contributed by atoms with Crippen LogP contribution in [0.5, 0.6) is 0 Å². The molecule has 0 aliphatic rings. The molecule has 0 saturated heterocycles. The van der Waals surface area contributed by atoms with E-state index in [2.05, 4.69) is 30.8 Å². The van der Waals surface area contributed by atoms with Crippen molar-refractivity contribution in [1.82, 2.24) is 45.3 Å². The third kappa shape index (κ3) is 3.02. The lowest BCUT2D eigenvalue weighted by atomic mass is 10.8. The SMILES string of the molecule is CN(Cn1nnc([N+](=O)[O-])n1)Cn1nnc([N+](=O)[O-])n1. The van der Waals surface area contributed by atoms with E-state index in [0.717, 1.165) is 9.59 Å². The maximum atomic E-state index is 10.4. The Balaban J connectivity index is 1.95. The summed E-state index contributed by atoms with van der Waals surface area (Å²) >= 11 is 0. The molecular weight excluding hydrogens is 278 g/mol. The summed E-state index contributed by atoms with van der Waals surface area (Å²) in [5.41, 5.74) is 0. The highest BCUT2D eigenvalue weighted by Crippen LogP contribution is 2.00. The molecule has 2 aromatic rings. The maximum absolute atomic E-state index is 10.4. The lowest BCUT2D eigenvalue weighted by Gasteiger charge is -2.10. The van der Waals surface area contributed by atoms with Gasteiger partial charge in [0.1, 0.15) is 13.3 Å². The minimum Gasteiger partial charge on any atom is -0.390 e. The molecule has 0 fully saturated rings. The van der Waals surface area contributed by atoms with Gasteiger partial charge >= 0.3 is 11.9 Å². The molecule has 0 aliphatic carbocycles. The summed E-state index contributed by atoms with van der Waals surface area (Å²) in [6, 6.07) is 0. The molecule has 15 heteroatoms. The number of rotatable bonds is 6. The average molecular weight is 285 g/mol. The van der Waals surface area contributed by atoms with Gasteiger partial charge in [0.25, 0.3) is 0 Å². The van der Waals surface area contributed by atoms with Crippen LogP contribution in [-0.2, 0) is 13.3 Å². The number of nitrogens with zero attached hydrogens (tertiary/aromatic N) is 11. The van der Waals surface area contributed by atoms with E-state index in [1.807, 2.05) is 0 Å². The Labute approximate surface area is 109 Å². The number of nitro groups is 2. The summed E-state index contributed by atoms with van der Waals surface area (Å²) < 4.78 is 0. The van der Waals surface area contributed by atoms with Crippen LogP contribution in [-0.4, -0.2) is 62.2 Å². The van der Waals surface area contributed by atoms with Crippen molar-refractivity contribution in [2.75, 3.05) is 7.05 Å². The monoisotopic (exact) mass is 285 g/mol. The second-order valence-electron chi connectivity index (χ2n) is 3.58. The van der Waals surface area contributed by atoms with E-state index in [1.54, 1.807) is 7.05 Å². The molecule has 0 amide bonds. The van der Waals surface area contributed by atoms with Crippen molar-refractivity contribution in [3.63, 3.8) is 0 Å². The first kappa shape index (κ1) is 13.3. The van der Waals surface area contributed by atoms with E-state index in [9.17, 15) is 20.2 Å². The Morgan fingerprint density at radius 1 is 1.00 bits per heavy atom. The van der Waals surface area contributed by atoms with E-state index in [-0.39, 0.29) is 13.3 Å². The van der Waals surface area contributed by atoms with Crippen molar-refractivity contribution in [2.45, 2.75) is 13.3 Å². The Hall–Kier alpha value is -3.10. The predicted octanol–water partition coefficient (Wildman–Crippen LogP) is -1.98. The van der Waals surface area contributed by atoms with E-state index in [0.29, 0.717) is 0 Å². The summed E-state index contributed by atoms with van der Waals surface area (Å²) in [5, 5.41) is 41.1. The summed E-state index contributed by atoms with van der Waals surface area (Å²) in [6.45, 7) is 0.104. The summed E-state index contributed by atoms with van der Waals surface area (Å²) in [4.78, 5) is 22.7. The second-order valence-corrected chi connectivity index (χ2v) is 3.58. The van der Waals surface area contributed by atoms with E-state index >= 15 is 0 Å². The quantitative estimate of drug-likeness (QED) is 0.424. The largest absolute Gasteiger partial charge is 0.514 e. The Morgan fingerprint density at radius 3 is 1.70 bits per heavy atom. The van der Waals surface area contributed by atoms with Gasteiger partial charge < -0.3 is 20.2 Å². The Kier molecular flexibility index (Phi) is 3.51. The number of hydrogen-bond donors (Lipinski definition) is 0. The van der Waals surface area contributed by atoms with Gasteiger partial charge in [-0.3, -0.25) is 4.90 Å². The highest BCUT2D eigenvalue weighted by molar-refractivity contribution is 4.93. The fraction of sp³-hybridized carbons (Fsp3) is 0.600. The molecule has 15 nitrogen and oxygen atoms in total. The van der Waals surface area contributed by atoms with Gasteiger partial charge in [0, 0.05) is 10.4 Å². The van der Waals surface area contributed by atoms with Crippen molar-refractivity contribution < 1.29 is 9.85 Å². The first-order chi connectivity index (χ1) is 9.45. The molecule has 20 heavy (non-hydrogen) atoms. The first-order valence-electron chi connectivity index (χ1n) is 4.98. The molecule has 0 spiro atoms. The maximum Gasteiger partial charge on any atom is 0.514 e. The van der Waals surface area contributed by atoms with Gasteiger partial charge in [0.2, 0.25) is 0 Å². The van der Waals surface area contributed by atoms with Crippen LogP contribution in [0.2, 0.25) is 0 Å². The van der Waals surface area contributed by atoms with Gasteiger partial charge in [-0.25, -0.2) is 0 Å². The van der Waals surface area contributed by atoms with Gasteiger partial charge in [0.05, 0.1) is 20.4 Å². The van der Waals surface area contributed by atoms with Crippen molar-refractivity contribution in [2.24, 2.45) is 0 Å². The molecule has 0 unspecified atom stereocenters. The topological polar surface area (TPSA) is 177 Å². The molecule has 0 aliphatic heterocycles. The van der Waals surface area contributed by atoms with Crippen LogP contribution >= 0.6 is 0 Å². The fourth-order valence-corrected chi connectivity index (χ4v) is 1.21. The zero-order valence-corrected chi connectivity index (χ0v) is 9.97. The zero-order valence-electron chi connectivity index (χ0n) is 9.97. The highest BCUT2D eigenvalue weighted by atomic mass is 16.6. The summed E-state index contributed by atoms with van der Waals surface area (Å²) in [6.07, 6.45) is 0. The van der Waals surface area contributed by atoms with Crippen LogP contribution in [0.4, 0.5) is 11.9 Å². The molecule has 2 aromatic heterocycles. The predicted molar refractivity (Wildman–Crippen MR) is 56.7 cm³/mol. The molecular formula is C5H7N11O4. The van der Waals surface area contributed by atoms with E-state index < -0.39 is 21.7 Å². The Bertz CT molecular complexity index is 578. The van der Waals surface area contributed by atoms with E-state index in [1.165, 1.54) is 4.90 Å². The fourth-order valence-electron chi connectivity index (χ4n) is 1.21. The van der Waals surface area contributed by atoms with Crippen LogP contribution in [0.15, 0.2) is 0 Å². The van der Waals surface area contributed by atoms with Gasteiger partial charge in [-0.05, 0) is 16.9 Å². The van der Waals surface area contributed by atoms with Crippen LogP contribution in [0, 0.1) is 20.2 Å². The van der Waals surface area contributed by atoms with Crippen LogP contribution in [0.1, 0.15) is 0 Å². The number of aromatic nitrogens is 8. The normalized spacial score (nSPS) is 10.9. The van der Waals surface area contributed by atoms with E-state index in [4.69, 9.17) is 0 Å². The molecule has 2 rings (SSSR count). The van der Waals surface area contributed by atoms with Crippen molar-refractivity contribution >= 4 is 11.9 Å². The molecule has 0 saturated carbocycles. The van der Waals surface area contributed by atoms with Gasteiger partial charge in [-0.15, -0.1) is 0 Å².